The van der Waals surface area contributed by atoms with Crippen molar-refractivity contribution in [1.82, 2.24) is 4.98 Å². The minimum atomic E-state index is -1.31. The van der Waals surface area contributed by atoms with Crippen molar-refractivity contribution < 1.29 is 57.0 Å². The first kappa shape index (κ1) is 40.4. The summed E-state index contributed by atoms with van der Waals surface area (Å²) in [6.45, 7) is 0. The van der Waals surface area contributed by atoms with E-state index in [0.29, 0.717) is 92.9 Å². The van der Waals surface area contributed by atoms with Gasteiger partial charge in [0.1, 0.15) is 0 Å². The Kier molecular flexibility index (Phi) is 10.9. The second-order valence-corrected chi connectivity index (χ2v) is 14.7. The summed E-state index contributed by atoms with van der Waals surface area (Å²) < 4.78 is 0. The first-order chi connectivity index (χ1) is 29.0. The molecule has 4 aliphatic heterocycles. The van der Waals surface area contributed by atoms with Gasteiger partial charge in [0.2, 0.25) is 0 Å². The number of aliphatic imine (C=N–C) groups is 1. The molecule has 61 heavy (non-hydrogen) atoms. The topological polar surface area (TPSA) is 221 Å². The first-order valence-electron chi connectivity index (χ1n) is 19.2. The Morgan fingerprint density at radius 1 is 0.525 bits per heavy atom. The average molecular weight is 846 g/mol. The third-order valence-corrected chi connectivity index (χ3v) is 11.2. The van der Waals surface area contributed by atoms with Crippen LogP contribution in [-0.2, 0) is 17.1 Å². The summed E-state index contributed by atoms with van der Waals surface area (Å²) in [5, 5.41) is 70.0. The summed E-state index contributed by atoms with van der Waals surface area (Å²) in [7, 11) is 0. The molecule has 2 unspecified atom stereocenters. The van der Waals surface area contributed by atoms with Gasteiger partial charge in [-0.15, -0.1) is 11.4 Å². The van der Waals surface area contributed by atoms with Gasteiger partial charge >= 0.3 is 0 Å². The van der Waals surface area contributed by atoms with Crippen LogP contribution in [0.25, 0.3) is 38.9 Å². The van der Waals surface area contributed by atoms with E-state index in [1.165, 1.54) is 48.5 Å². The van der Waals surface area contributed by atoms with E-state index in [9.17, 15) is 39.9 Å². The number of aromatic carboxylic acids is 3. The third kappa shape index (κ3) is 7.68. The second-order valence-electron chi connectivity index (χ2n) is 14.7. The summed E-state index contributed by atoms with van der Waals surface area (Å²) in [6.07, 6.45) is 5.92. The number of fused-ring (bicyclic) bond motifs is 7. The average Bonchev–Trinajstić information content (AvgIpc) is 4.10. The van der Waals surface area contributed by atoms with Crippen LogP contribution < -0.4 is 41.0 Å². The minimum absolute atomic E-state index is 0. The molecule has 12 nitrogen and oxygen atoms in total. The number of rotatable bonds is 6. The molecule has 0 saturated carbocycles. The number of hydrogen-bond acceptors (Lipinski definition) is 9. The molecule has 2 fully saturated rings. The number of carbonyl (C=O) groups is 3. The van der Waals surface area contributed by atoms with Crippen LogP contribution in [0.1, 0.15) is 84.8 Å². The van der Waals surface area contributed by atoms with Crippen molar-refractivity contribution in [2.24, 2.45) is 4.99 Å². The number of nitrogens with zero attached hydrogens (tertiary/aromatic N) is 4. The molecule has 0 spiro atoms. The van der Waals surface area contributed by atoms with Crippen LogP contribution in [0.3, 0.4) is 0 Å². The molecule has 5 heterocycles. The Bertz CT molecular complexity index is 2890. The molecular formula is C48H30MnN4O8-8. The van der Waals surface area contributed by atoms with Crippen molar-refractivity contribution in [3.63, 3.8) is 0 Å². The van der Waals surface area contributed by atoms with E-state index in [0.717, 1.165) is 11.1 Å². The fourth-order valence-corrected chi connectivity index (χ4v) is 8.35. The van der Waals surface area contributed by atoms with Crippen LogP contribution in [-0.4, -0.2) is 35.7 Å². The van der Waals surface area contributed by atoms with Crippen LogP contribution in [0, 0.1) is 0 Å². The van der Waals surface area contributed by atoms with Gasteiger partial charge < -0.3 is 55.5 Å². The fourth-order valence-electron chi connectivity index (χ4n) is 8.35. The van der Waals surface area contributed by atoms with Gasteiger partial charge in [-0.1, -0.05) is 145 Å². The first-order valence-corrected chi connectivity index (χ1v) is 19.2. The molecule has 8 bridgehead atoms. The summed E-state index contributed by atoms with van der Waals surface area (Å²) in [4.78, 5) is 45.6. The Labute approximate surface area is 359 Å². The monoisotopic (exact) mass is 845 g/mol. The molecule has 2 saturated heterocycles. The number of carbonyl (C=O) groups excluding carboxylic acids is 3. The Morgan fingerprint density at radius 3 is 1.41 bits per heavy atom. The number of allylic oxidation sites excluding steroid dienone is 4. The van der Waals surface area contributed by atoms with Crippen LogP contribution in [0.4, 0.5) is 0 Å². The van der Waals surface area contributed by atoms with Gasteiger partial charge in [0, 0.05) is 17.1 Å². The SMILES string of the molecule is O=C([O-])c1ccc(/C2=C3\CCC([N-]3)C(=c3ccc(=C([O-])[O-])cc3)C3=N/C(=C(\c4ccc(C(=O)[O-])cc4)C4CC/C(=C(\c5ccc(C(=O)[O-])cc5)c5ccc2[n-]5)[N-]4)C=C3)cc1.[Mn]. The summed E-state index contributed by atoms with van der Waals surface area (Å²) >= 11 is 0. The molecule has 1 aromatic heterocycles. The zero-order valence-electron chi connectivity index (χ0n) is 32.0. The van der Waals surface area contributed by atoms with Gasteiger partial charge in [-0.05, 0) is 80.0 Å². The number of carboxylic acids is 3. The molecule has 0 amide bonds. The minimum Gasteiger partial charge on any atom is -0.884 e. The maximum Gasteiger partial charge on any atom is 0.0715 e. The number of carboxylic acid groups (broad SMARTS) is 3. The zero-order valence-corrected chi connectivity index (χ0v) is 33.1. The predicted molar refractivity (Wildman–Crippen MR) is 213 cm³/mol. The summed E-state index contributed by atoms with van der Waals surface area (Å²) in [5.41, 5.74) is 8.80. The Hall–Kier alpha value is -7.34. The zero-order chi connectivity index (χ0) is 41.7. The van der Waals surface area contributed by atoms with Crippen LogP contribution in [0.5, 0.6) is 0 Å². The third-order valence-electron chi connectivity index (χ3n) is 11.2. The van der Waals surface area contributed by atoms with Crippen LogP contribution >= 0.6 is 0 Å². The molecule has 13 heteroatoms. The Balaban J connectivity index is 0.00000514. The molecule has 1 radical (unpaired) electrons. The smallest absolute Gasteiger partial charge is 0.0715 e. The van der Waals surface area contributed by atoms with Gasteiger partial charge in [-0.3, -0.25) is 0 Å². The van der Waals surface area contributed by atoms with Crippen molar-refractivity contribution in [1.29, 1.82) is 0 Å². The molecule has 305 valence electrons. The van der Waals surface area contributed by atoms with Crippen molar-refractivity contribution in [3.05, 3.63) is 204 Å². The van der Waals surface area contributed by atoms with E-state index in [1.54, 1.807) is 48.5 Å². The molecule has 5 aromatic rings. The molecular weight excluding hydrogens is 815 g/mol. The number of hydrogen-bond donors (Lipinski definition) is 0. The standard InChI is InChI=1S/C48H35N4O8.Mn/c53-45(54)29-9-1-25(2-10-29)41-33-17-19-35(49-33)42(26-3-11-30(12-4-26)46(55)56)37-21-23-39(51-37)44(28-7-15-32(16-8-28)48(59)60)40-24-22-38(52-40)43(36-20-18-34(41)50-36)27-5-13-31(14-6-27)47(57)58;/h1-17,19,22,24,34,37H,18,20-21,23H2,(H,53,54)(H,57,58)(H,59,60)(H2,49,55,56);/q-3;/p-5/b41-33+,43-36-,44-39-;. The maximum absolute atomic E-state index is 11.7. The van der Waals surface area contributed by atoms with E-state index < -0.39 is 35.9 Å². The van der Waals surface area contributed by atoms with Crippen molar-refractivity contribution in [2.45, 2.75) is 37.8 Å². The van der Waals surface area contributed by atoms with E-state index in [2.05, 4.69) is 0 Å². The molecule has 0 aliphatic carbocycles. The second kappa shape index (κ2) is 16.4. The van der Waals surface area contributed by atoms with Crippen molar-refractivity contribution in [2.75, 3.05) is 0 Å². The van der Waals surface area contributed by atoms with Gasteiger partial charge in [-0.25, -0.2) is 4.99 Å². The van der Waals surface area contributed by atoms with Gasteiger partial charge in [0.15, 0.2) is 0 Å². The predicted octanol–water partition coefficient (Wildman–Crippen LogP) is 1.40. The maximum atomic E-state index is 11.7. The quantitative estimate of drug-likeness (QED) is 0.225. The molecule has 0 N–H and O–H groups in total. The van der Waals surface area contributed by atoms with E-state index in [-0.39, 0.29) is 39.0 Å². The largest absolute Gasteiger partial charge is 0.884 e. The Morgan fingerprint density at radius 2 is 0.967 bits per heavy atom. The van der Waals surface area contributed by atoms with Gasteiger partial charge in [0.05, 0.1) is 29.3 Å². The number of aromatic nitrogens is 1. The van der Waals surface area contributed by atoms with E-state index in [1.807, 2.05) is 24.3 Å². The number of benzene rings is 4. The molecule has 2 atom stereocenters. The summed E-state index contributed by atoms with van der Waals surface area (Å²) in [5.74, 6) is -5.23. The van der Waals surface area contributed by atoms with Gasteiger partial charge in [0.25, 0.3) is 0 Å². The summed E-state index contributed by atoms with van der Waals surface area (Å²) in [6, 6.07) is 28.3. The van der Waals surface area contributed by atoms with Crippen molar-refractivity contribution in [3.8, 4) is 0 Å². The normalized spacial score (nSPS) is 21.6. The molecule has 4 aromatic carbocycles. The molecule has 9 rings (SSSR count). The van der Waals surface area contributed by atoms with Gasteiger partial charge in [-0.2, -0.15) is 17.3 Å². The fraction of sp³-hybridized carbons (Fsp3) is 0.125. The van der Waals surface area contributed by atoms with E-state index in [4.69, 9.17) is 20.6 Å². The molecule has 4 aliphatic rings. The van der Waals surface area contributed by atoms with Crippen LogP contribution in [0.2, 0.25) is 0 Å². The van der Waals surface area contributed by atoms with Crippen molar-refractivity contribution >= 4 is 51.9 Å². The van der Waals surface area contributed by atoms with Crippen LogP contribution in [0.15, 0.2) is 143 Å². The van der Waals surface area contributed by atoms with E-state index >= 15 is 0 Å².